The fourth-order valence-electron chi connectivity index (χ4n) is 1.50. The zero-order valence-corrected chi connectivity index (χ0v) is 12.8. The summed E-state index contributed by atoms with van der Waals surface area (Å²) in [6.45, 7) is 0. The van der Waals surface area contributed by atoms with Crippen molar-refractivity contribution in [3.63, 3.8) is 0 Å². The highest BCUT2D eigenvalue weighted by molar-refractivity contribution is 8.00. The van der Waals surface area contributed by atoms with Crippen LogP contribution < -0.4 is 0 Å². The number of hydrogen-bond acceptors (Lipinski definition) is 2. The molecule has 0 aliphatic carbocycles. The third-order valence-electron chi connectivity index (χ3n) is 2.40. The number of carbonyl (C=O) groups is 1. The zero-order valence-electron chi connectivity index (χ0n) is 9.70. The average Bonchev–Trinajstić information content (AvgIpc) is 2.36. The van der Waals surface area contributed by atoms with Crippen LogP contribution in [0.5, 0.6) is 0 Å². The first-order valence-electron chi connectivity index (χ1n) is 5.43. The van der Waals surface area contributed by atoms with E-state index in [1.165, 1.54) is 11.8 Å². The summed E-state index contributed by atoms with van der Waals surface area (Å²) in [5.41, 5.74) is 0.487. The Morgan fingerprint density at radius 3 is 2.42 bits per heavy atom. The highest BCUT2D eigenvalue weighted by Crippen LogP contribution is 2.25. The van der Waals surface area contributed by atoms with Crippen molar-refractivity contribution in [3.8, 4) is 0 Å². The second-order valence-electron chi connectivity index (χ2n) is 3.79. The third-order valence-corrected chi connectivity index (χ3v) is 4.17. The summed E-state index contributed by atoms with van der Waals surface area (Å²) in [5, 5.41) is 1.55. The van der Waals surface area contributed by atoms with E-state index in [0.29, 0.717) is 26.4 Å². The highest BCUT2D eigenvalue weighted by Gasteiger charge is 2.11. The van der Waals surface area contributed by atoms with Gasteiger partial charge in [-0.05, 0) is 36.4 Å². The Bertz CT molecular complexity index is 613. The van der Waals surface area contributed by atoms with Crippen molar-refractivity contribution in [1.82, 2.24) is 0 Å². The minimum atomic E-state index is -0.0355. The van der Waals surface area contributed by atoms with Crippen LogP contribution in [0.4, 0.5) is 0 Å². The summed E-state index contributed by atoms with van der Waals surface area (Å²) in [6.07, 6.45) is 0. The van der Waals surface area contributed by atoms with Gasteiger partial charge in [-0.1, -0.05) is 40.9 Å². The molecule has 0 saturated carbocycles. The van der Waals surface area contributed by atoms with E-state index in [1.807, 2.05) is 18.2 Å². The first-order valence-corrected chi connectivity index (χ1v) is 7.55. The van der Waals surface area contributed by atoms with Crippen molar-refractivity contribution < 1.29 is 4.79 Å². The van der Waals surface area contributed by atoms with Gasteiger partial charge in [0.1, 0.15) is 0 Å². The molecule has 0 aromatic heterocycles. The monoisotopic (exact) mass is 330 g/mol. The molecular formula is C14H9Cl3OS. The van der Waals surface area contributed by atoms with Crippen LogP contribution >= 0.6 is 46.6 Å². The lowest BCUT2D eigenvalue weighted by Gasteiger charge is -2.04. The van der Waals surface area contributed by atoms with E-state index in [1.54, 1.807) is 24.3 Å². The van der Waals surface area contributed by atoms with E-state index >= 15 is 0 Å². The molecule has 0 aliphatic heterocycles. The Morgan fingerprint density at radius 2 is 1.74 bits per heavy atom. The highest BCUT2D eigenvalue weighted by atomic mass is 35.5. The summed E-state index contributed by atoms with van der Waals surface area (Å²) in [7, 11) is 0. The largest absolute Gasteiger partial charge is 0.293 e. The maximum atomic E-state index is 12.1. The third kappa shape index (κ3) is 4.15. The normalized spacial score (nSPS) is 10.5. The Balaban J connectivity index is 2.05. The summed E-state index contributed by atoms with van der Waals surface area (Å²) >= 11 is 19.1. The first kappa shape index (κ1) is 14.7. The van der Waals surface area contributed by atoms with Gasteiger partial charge in [-0.25, -0.2) is 0 Å². The molecule has 19 heavy (non-hydrogen) atoms. The number of carbonyl (C=O) groups excluding carboxylic acids is 1. The smallest absolute Gasteiger partial charge is 0.174 e. The number of thioether (sulfide) groups is 1. The van der Waals surface area contributed by atoms with E-state index in [-0.39, 0.29) is 5.78 Å². The van der Waals surface area contributed by atoms with Gasteiger partial charge in [0.05, 0.1) is 10.8 Å². The predicted molar refractivity (Wildman–Crippen MR) is 83.0 cm³/mol. The molecule has 0 aliphatic rings. The van der Waals surface area contributed by atoms with Crippen LogP contribution in [0.2, 0.25) is 15.1 Å². The van der Waals surface area contributed by atoms with Gasteiger partial charge in [-0.2, -0.15) is 0 Å². The van der Waals surface area contributed by atoms with Crippen molar-refractivity contribution in [3.05, 3.63) is 63.1 Å². The maximum Gasteiger partial charge on any atom is 0.174 e. The summed E-state index contributed by atoms with van der Waals surface area (Å²) < 4.78 is 0. The molecule has 0 saturated heterocycles. The molecule has 0 N–H and O–H groups in total. The van der Waals surface area contributed by atoms with Crippen molar-refractivity contribution in [1.29, 1.82) is 0 Å². The lowest BCUT2D eigenvalue weighted by atomic mass is 10.1. The predicted octanol–water partition coefficient (Wildman–Crippen LogP) is 5.62. The van der Waals surface area contributed by atoms with Crippen molar-refractivity contribution >= 4 is 52.3 Å². The van der Waals surface area contributed by atoms with Crippen LogP contribution in [0, 0.1) is 0 Å². The number of Topliss-reactive ketones (excluding diaryl/α,β-unsaturated/α-hetero) is 1. The minimum absolute atomic E-state index is 0.0355. The van der Waals surface area contributed by atoms with Crippen LogP contribution in [0.1, 0.15) is 10.4 Å². The lowest BCUT2D eigenvalue weighted by Crippen LogP contribution is -2.03. The molecule has 0 bridgehead atoms. The van der Waals surface area contributed by atoms with Gasteiger partial charge in [0.25, 0.3) is 0 Å². The summed E-state index contributed by atoms with van der Waals surface area (Å²) in [5.74, 6) is 0.272. The Labute approximate surface area is 130 Å². The zero-order chi connectivity index (χ0) is 13.8. The maximum absolute atomic E-state index is 12.1. The van der Waals surface area contributed by atoms with Crippen molar-refractivity contribution in [2.45, 2.75) is 4.90 Å². The molecule has 0 unspecified atom stereocenters. The molecule has 5 heteroatoms. The first-order chi connectivity index (χ1) is 9.06. The summed E-state index contributed by atoms with van der Waals surface area (Å²) in [4.78, 5) is 13.0. The van der Waals surface area contributed by atoms with Gasteiger partial charge in [0.2, 0.25) is 0 Å². The Kier molecular flexibility index (Phi) is 5.17. The van der Waals surface area contributed by atoms with Gasteiger partial charge in [0.15, 0.2) is 5.78 Å². The Morgan fingerprint density at radius 1 is 1.00 bits per heavy atom. The van der Waals surface area contributed by atoms with Crippen LogP contribution in [0.25, 0.3) is 0 Å². The van der Waals surface area contributed by atoms with Crippen molar-refractivity contribution in [2.24, 2.45) is 0 Å². The van der Waals surface area contributed by atoms with Crippen LogP contribution in [-0.4, -0.2) is 11.5 Å². The standard InChI is InChI=1S/C14H9Cl3OS/c15-9-2-1-3-11(6-9)19-8-14(18)12-5-4-10(16)7-13(12)17/h1-7H,8H2. The molecule has 0 amide bonds. The van der Waals surface area contributed by atoms with Gasteiger partial charge >= 0.3 is 0 Å². The van der Waals surface area contributed by atoms with Gasteiger partial charge in [-0.15, -0.1) is 11.8 Å². The SMILES string of the molecule is O=C(CSc1cccc(Cl)c1)c1ccc(Cl)cc1Cl. The second kappa shape index (κ2) is 6.67. The molecule has 1 nitrogen and oxygen atoms in total. The quantitative estimate of drug-likeness (QED) is 0.534. The second-order valence-corrected chi connectivity index (χ2v) is 6.12. The van der Waals surface area contributed by atoms with Crippen LogP contribution in [0.3, 0.4) is 0 Å². The topological polar surface area (TPSA) is 17.1 Å². The lowest BCUT2D eigenvalue weighted by molar-refractivity contribution is 0.102. The van der Waals surface area contributed by atoms with Crippen LogP contribution in [0.15, 0.2) is 47.4 Å². The van der Waals surface area contributed by atoms with E-state index in [2.05, 4.69) is 0 Å². The molecule has 0 fully saturated rings. The average molecular weight is 332 g/mol. The van der Waals surface area contributed by atoms with E-state index in [0.717, 1.165) is 4.90 Å². The molecular weight excluding hydrogens is 323 g/mol. The van der Waals surface area contributed by atoms with Crippen LogP contribution in [-0.2, 0) is 0 Å². The summed E-state index contributed by atoms with van der Waals surface area (Å²) in [6, 6.07) is 12.3. The van der Waals surface area contributed by atoms with Gasteiger partial charge in [-0.3, -0.25) is 4.79 Å². The fourth-order valence-corrected chi connectivity index (χ4v) is 3.11. The molecule has 0 heterocycles. The molecule has 2 aromatic rings. The molecule has 0 radical (unpaired) electrons. The van der Waals surface area contributed by atoms with Gasteiger partial charge in [0, 0.05) is 20.5 Å². The Hall–Kier alpha value is -0.670. The molecule has 98 valence electrons. The molecule has 0 spiro atoms. The fraction of sp³-hybridized carbons (Fsp3) is 0.0714. The number of hydrogen-bond donors (Lipinski definition) is 0. The number of halogens is 3. The van der Waals surface area contributed by atoms with E-state index in [9.17, 15) is 4.79 Å². The number of ketones is 1. The van der Waals surface area contributed by atoms with Gasteiger partial charge < -0.3 is 0 Å². The number of benzene rings is 2. The number of rotatable bonds is 4. The van der Waals surface area contributed by atoms with E-state index < -0.39 is 0 Å². The molecule has 0 atom stereocenters. The minimum Gasteiger partial charge on any atom is -0.293 e. The van der Waals surface area contributed by atoms with Crippen molar-refractivity contribution in [2.75, 3.05) is 5.75 Å². The molecule has 2 aromatic carbocycles. The molecule has 2 rings (SSSR count). The van der Waals surface area contributed by atoms with E-state index in [4.69, 9.17) is 34.8 Å².